The Hall–Kier alpha value is -2.90. The molecule has 23 heavy (non-hydrogen) atoms. The van der Waals surface area contributed by atoms with Crippen LogP contribution in [0.15, 0.2) is 28.8 Å². The van der Waals surface area contributed by atoms with E-state index in [2.05, 4.69) is 10.5 Å². The maximum atomic E-state index is 12.2. The van der Waals surface area contributed by atoms with Gasteiger partial charge in [0, 0.05) is 17.7 Å². The molecule has 0 aliphatic rings. The molecule has 0 radical (unpaired) electrons. The van der Waals surface area contributed by atoms with Crippen LogP contribution in [0.25, 0.3) is 0 Å². The van der Waals surface area contributed by atoms with E-state index in [1.807, 2.05) is 0 Å². The highest BCUT2D eigenvalue weighted by Gasteiger charge is 2.21. The Morgan fingerprint density at radius 1 is 1.43 bits per heavy atom. The van der Waals surface area contributed by atoms with Crippen molar-refractivity contribution < 1.29 is 19.0 Å². The number of aromatic nitrogens is 1. The van der Waals surface area contributed by atoms with Gasteiger partial charge in [-0.1, -0.05) is 12.1 Å². The number of nitrogens with one attached hydrogen (secondary N) is 1. The average molecular weight is 319 g/mol. The number of carbonyl (C=O) groups is 1. The Morgan fingerprint density at radius 3 is 2.70 bits per heavy atom. The monoisotopic (exact) mass is 319 g/mol. The number of nitro benzene ring substituents is 1. The molecule has 0 bridgehead atoms. The van der Waals surface area contributed by atoms with E-state index in [1.165, 1.54) is 18.2 Å². The maximum Gasteiger partial charge on any atom is 0.272 e. The van der Waals surface area contributed by atoms with Crippen molar-refractivity contribution in [1.29, 1.82) is 0 Å². The van der Waals surface area contributed by atoms with Crippen LogP contribution in [0.2, 0.25) is 0 Å². The second-order valence-electron chi connectivity index (χ2n) is 5.03. The van der Waals surface area contributed by atoms with Gasteiger partial charge in [0.2, 0.25) is 0 Å². The molecule has 0 fully saturated rings. The van der Waals surface area contributed by atoms with Crippen molar-refractivity contribution in [3.63, 3.8) is 0 Å². The van der Waals surface area contributed by atoms with Gasteiger partial charge < -0.3 is 14.6 Å². The van der Waals surface area contributed by atoms with Crippen molar-refractivity contribution >= 4 is 17.4 Å². The molecular weight excluding hydrogens is 302 g/mol. The number of carbonyl (C=O) groups excluding carboxylic acids is 1. The van der Waals surface area contributed by atoms with Gasteiger partial charge in [-0.15, -0.1) is 0 Å². The molecule has 0 saturated heterocycles. The minimum Gasteiger partial charge on any atom is -0.481 e. The minimum absolute atomic E-state index is 0.00734. The van der Waals surface area contributed by atoms with Crippen LogP contribution in [0.1, 0.15) is 24.7 Å². The molecule has 1 heterocycles. The third-order valence-electron chi connectivity index (χ3n) is 3.19. The number of anilines is 1. The lowest BCUT2D eigenvalue weighted by molar-refractivity contribution is -0.385. The smallest absolute Gasteiger partial charge is 0.272 e. The summed E-state index contributed by atoms with van der Waals surface area (Å²) < 4.78 is 10.5. The summed E-state index contributed by atoms with van der Waals surface area (Å²) >= 11 is 0. The molecule has 2 rings (SSSR count). The van der Waals surface area contributed by atoms with Gasteiger partial charge in [-0.25, -0.2) is 0 Å². The van der Waals surface area contributed by atoms with Gasteiger partial charge in [0.25, 0.3) is 11.6 Å². The normalized spacial score (nSPS) is 11.8. The number of rotatable bonds is 6. The molecule has 1 atom stereocenters. The third kappa shape index (κ3) is 4.06. The molecule has 0 aliphatic carbocycles. The molecule has 0 saturated carbocycles. The largest absolute Gasteiger partial charge is 0.481 e. The summed E-state index contributed by atoms with van der Waals surface area (Å²) in [4.78, 5) is 22.5. The number of nitrogens with zero attached hydrogens (tertiary/aromatic N) is 2. The van der Waals surface area contributed by atoms with Crippen molar-refractivity contribution in [2.75, 3.05) is 5.32 Å². The molecule has 0 spiro atoms. The van der Waals surface area contributed by atoms with E-state index in [4.69, 9.17) is 9.26 Å². The molecule has 1 aromatic carbocycles. The van der Waals surface area contributed by atoms with Gasteiger partial charge in [0.05, 0.1) is 4.92 Å². The van der Waals surface area contributed by atoms with Crippen LogP contribution >= 0.6 is 0 Å². The number of amides is 1. The number of benzene rings is 1. The fourth-order valence-corrected chi connectivity index (χ4v) is 2.02. The van der Waals surface area contributed by atoms with Gasteiger partial charge in [-0.05, 0) is 32.4 Å². The standard InChI is InChI=1S/C15H17N3O5/c1-4-13(15(19)16-14-8-10(3)23-17-14)22-11-5-6-12(18(20)21)9(2)7-11/h5-8,13H,4H2,1-3H3,(H,16,17,19)/t13-/m1/s1. The highest BCUT2D eigenvalue weighted by atomic mass is 16.6. The predicted molar refractivity (Wildman–Crippen MR) is 82.4 cm³/mol. The van der Waals surface area contributed by atoms with E-state index in [0.717, 1.165) is 0 Å². The zero-order valence-electron chi connectivity index (χ0n) is 13.0. The second kappa shape index (κ2) is 6.91. The Labute approximate surface area is 132 Å². The zero-order chi connectivity index (χ0) is 17.0. The van der Waals surface area contributed by atoms with E-state index in [-0.39, 0.29) is 11.6 Å². The van der Waals surface area contributed by atoms with E-state index < -0.39 is 11.0 Å². The van der Waals surface area contributed by atoms with Crippen LogP contribution in [0.4, 0.5) is 11.5 Å². The first-order chi connectivity index (χ1) is 10.9. The van der Waals surface area contributed by atoms with Gasteiger partial charge >= 0.3 is 0 Å². The summed E-state index contributed by atoms with van der Waals surface area (Å²) in [5, 5.41) is 17.1. The Morgan fingerprint density at radius 2 is 2.17 bits per heavy atom. The number of hydrogen-bond acceptors (Lipinski definition) is 6. The van der Waals surface area contributed by atoms with Crippen LogP contribution in [0.5, 0.6) is 5.75 Å². The number of nitro groups is 1. The second-order valence-corrected chi connectivity index (χ2v) is 5.03. The van der Waals surface area contributed by atoms with Crippen LogP contribution in [-0.2, 0) is 4.79 Å². The maximum absolute atomic E-state index is 12.2. The van der Waals surface area contributed by atoms with E-state index in [0.29, 0.717) is 29.3 Å². The predicted octanol–water partition coefficient (Wildman–Crippen LogP) is 3.00. The molecule has 8 heteroatoms. The fraction of sp³-hybridized carbons (Fsp3) is 0.333. The highest BCUT2D eigenvalue weighted by molar-refractivity contribution is 5.93. The summed E-state index contributed by atoms with van der Waals surface area (Å²) in [6.45, 7) is 5.14. The molecule has 0 unspecified atom stereocenters. The van der Waals surface area contributed by atoms with E-state index >= 15 is 0 Å². The average Bonchev–Trinajstić information content (AvgIpc) is 2.89. The number of hydrogen-bond donors (Lipinski definition) is 1. The summed E-state index contributed by atoms with van der Waals surface area (Å²) in [6, 6.07) is 5.96. The molecule has 122 valence electrons. The number of aryl methyl sites for hydroxylation is 2. The fourth-order valence-electron chi connectivity index (χ4n) is 2.02. The first-order valence-electron chi connectivity index (χ1n) is 7.06. The Bertz CT molecular complexity index is 726. The van der Waals surface area contributed by atoms with E-state index in [9.17, 15) is 14.9 Å². The molecule has 8 nitrogen and oxygen atoms in total. The number of ether oxygens (including phenoxy) is 1. The third-order valence-corrected chi connectivity index (χ3v) is 3.19. The first kappa shape index (κ1) is 16.5. The van der Waals surface area contributed by atoms with Crippen molar-refractivity contribution in [2.24, 2.45) is 0 Å². The summed E-state index contributed by atoms with van der Waals surface area (Å²) in [7, 11) is 0. The van der Waals surface area contributed by atoms with Crippen LogP contribution in [0.3, 0.4) is 0 Å². The summed E-state index contributed by atoms with van der Waals surface area (Å²) in [6.07, 6.45) is -0.313. The van der Waals surface area contributed by atoms with Gasteiger partial charge in [0.1, 0.15) is 11.5 Å². The van der Waals surface area contributed by atoms with Gasteiger partial charge in [-0.2, -0.15) is 0 Å². The van der Waals surface area contributed by atoms with Crippen LogP contribution in [0, 0.1) is 24.0 Å². The van der Waals surface area contributed by atoms with Crippen molar-refractivity contribution in [3.8, 4) is 5.75 Å². The topological polar surface area (TPSA) is 108 Å². The Kier molecular flexibility index (Phi) is 4.95. The van der Waals surface area contributed by atoms with Gasteiger partial charge in [-0.3, -0.25) is 14.9 Å². The minimum atomic E-state index is -0.743. The quantitative estimate of drug-likeness (QED) is 0.647. The highest BCUT2D eigenvalue weighted by Crippen LogP contribution is 2.24. The summed E-state index contributed by atoms with van der Waals surface area (Å²) in [5.41, 5.74) is 0.475. The molecular formula is C15H17N3O5. The SMILES string of the molecule is CC[C@@H](Oc1ccc([N+](=O)[O-])c(C)c1)C(=O)Nc1cc(C)on1. The Balaban J connectivity index is 2.08. The van der Waals surface area contributed by atoms with Crippen molar-refractivity contribution in [3.05, 3.63) is 45.7 Å². The lowest BCUT2D eigenvalue weighted by Crippen LogP contribution is -2.32. The first-order valence-corrected chi connectivity index (χ1v) is 7.06. The molecule has 1 aromatic heterocycles. The molecule has 2 aromatic rings. The lowest BCUT2D eigenvalue weighted by Gasteiger charge is -2.16. The van der Waals surface area contributed by atoms with Crippen LogP contribution < -0.4 is 10.1 Å². The summed E-state index contributed by atoms with van der Waals surface area (Å²) in [5.74, 6) is 0.929. The van der Waals surface area contributed by atoms with Crippen molar-refractivity contribution in [2.45, 2.75) is 33.3 Å². The molecule has 0 aliphatic heterocycles. The van der Waals surface area contributed by atoms with E-state index in [1.54, 1.807) is 26.8 Å². The lowest BCUT2D eigenvalue weighted by atomic mass is 10.2. The molecule has 1 amide bonds. The van der Waals surface area contributed by atoms with Crippen LogP contribution in [-0.4, -0.2) is 22.1 Å². The molecule has 1 N–H and O–H groups in total. The van der Waals surface area contributed by atoms with Crippen molar-refractivity contribution in [1.82, 2.24) is 5.16 Å². The van der Waals surface area contributed by atoms with Gasteiger partial charge in [0.15, 0.2) is 11.9 Å². The zero-order valence-corrected chi connectivity index (χ0v) is 13.0.